The minimum absolute atomic E-state index is 0.133. The highest BCUT2D eigenvalue weighted by Gasteiger charge is 2.29. The summed E-state index contributed by atoms with van der Waals surface area (Å²) in [7, 11) is 0. The highest BCUT2D eigenvalue weighted by Crippen LogP contribution is 2.16. The van der Waals surface area contributed by atoms with Crippen LogP contribution in [0.3, 0.4) is 0 Å². The molecule has 130 valence electrons. The van der Waals surface area contributed by atoms with E-state index in [-0.39, 0.29) is 12.5 Å². The van der Waals surface area contributed by atoms with Crippen LogP contribution in [0, 0.1) is 5.41 Å². The number of carbonyl (C=O) groups excluding carboxylic acids is 3. The van der Waals surface area contributed by atoms with Crippen LogP contribution in [0.15, 0.2) is 30.3 Å². The van der Waals surface area contributed by atoms with E-state index >= 15 is 0 Å². The van der Waals surface area contributed by atoms with Crippen molar-refractivity contribution in [3.8, 4) is 0 Å². The average molecular weight is 331 g/mol. The zero-order valence-corrected chi connectivity index (χ0v) is 14.5. The number of rotatable bonds is 4. The summed E-state index contributed by atoms with van der Waals surface area (Å²) in [4.78, 5) is 39.7. The Bertz CT molecular complexity index is 600. The Hall–Kier alpha value is -2.37. The molecule has 1 aliphatic rings. The van der Waals surface area contributed by atoms with E-state index in [1.807, 2.05) is 18.2 Å². The van der Waals surface area contributed by atoms with Crippen molar-refractivity contribution in [3.63, 3.8) is 0 Å². The number of hydrogen-bond donors (Lipinski definition) is 1. The first kappa shape index (κ1) is 18.0. The van der Waals surface area contributed by atoms with Gasteiger partial charge in [0, 0.05) is 37.3 Å². The van der Waals surface area contributed by atoms with Gasteiger partial charge in [0.25, 0.3) is 5.91 Å². The molecule has 0 aromatic heterocycles. The molecule has 0 unspecified atom stereocenters. The van der Waals surface area contributed by atoms with Crippen molar-refractivity contribution in [3.05, 3.63) is 30.3 Å². The molecule has 1 aromatic rings. The molecule has 0 radical (unpaired) electrons. The number of piperazine rings is 1. The minimum Gasteiger partial charge on any atom is -0.368 e. The van der Waals surface area contributed by atoms with Crippen LogP contribution in [0.25, 0.3) is 0 Å². The van der Waals surface area contributed by atoms with Crippen molar-refractivity contribution in [1.29, 1.82) is 0 Å². The molecule has 0 saturated carbocycles. The molecule has 0 bridgehead atoms. The van der Waals surface area contributed by atoms with Crippen LogP contribution in [0.1, 0.15) is 20.8 Å². The number of ketones is 1. The highest BCUT2D eigenvalue weighted by molar-refractivity contribution is 6.38. The molecule has 0 atom stereocenters. The number of anilines is 1. The van der Waals surface area contributed by atoms with Crippen LogP contribution in [0.5, 0.6) is 0 Å². The van der Waals surface area contributed by atoms with Gasteiger partial charge in [-0.25, -0.2) is 0 Å². The molecule has 1 heterocycles. The maximum Gasteiger partial charge on any atom is 0.288 e. The van der Waals surface area contributed by atoms with E-state index in [1.54, 1.807) is 25.7 Å². The summed E-state index contributed by atoms with van der Waals surface area (Å²) < 4.78 is 0. The molecule has 1 saturated heterocycles. The second kappa shape index (κ2) is 7.47. The van der Waals surface area contributed by atoms with Crippen LogP contribution in [-0.4, -0.2) is 55.2 Å². The van der Waals surface area contributed by atoms with Gasteiger partial charge in [0.2, 0.25) is 11.7 Å². The van der Waals surface area contributed by atoms with E-state index in [1.165, 1.54) is 0 Å². The topological polar surface area (TPSA) is 69.7 Å². The lowest BCUT2D eigenvalue weighted by Gasteiger charge is -2.36. The van der Waals surface area contributed by atoms with Gasteiger partial charge in [-0.05, 0) is 12.1 Å². The van der Waals surface area contributed by atoms with Gasteiger partial charge in [0.15, 0.2) is 0 Å². The quantitative estimate of drug-likeness (QED) is 0.838. The maximum atomic E-state index is 12.2. The van der Waals surface area contributed by atoms with Crippen molar-refractivity contribution in [2.45, 2.75) is 20.8 Å². The van der Waals surface area contributed by atoms with E-state index in [4.69, 9.17) is 0 Å². The number of hydrogen-bond acceptors (Lipinski definition) is 4. The number of nitrogens with zero attached hydrogens (tertiary/aromatic N) is 2. The normalized spacial score (nSPS) is 15.1. The predicted molar refractivity (Wildman–Crippen MR) is 92.7 cm³/mol. The Balaban J connectivity index is 1.79. The molecule has 6 nitrogen and oxygen atoms in total. The van der Waals surface area contributed by atoms with E-state index in [2.05, 4.69) is 22.3 Å². The molecule has 1 N–H and O–H groups in total. The van der Waals surface area contributed by atoms with Crippen molar-refractivity contribution in [1.82, 2.24) is 10.2 Å². The van der Waals surface area contributed by atoms with Crippen molar-refractivity contribution < 1.29 is 14.4 Å². The fourth-order valence-corrected chi connectivity index (χ4v) is 2.54. The first-order chi connectivity index (χ1) is 11.3. The highest BCUT2D eigenvalue weighted by atomic mass is 16.2. The minimum atomic E-state index is -0.742. The summed E-state index contributed by atoms with van der Waals surface area (Å²) in [6, 6.07) is 10.1. The summed E-state index contributed by atoms with van der Waals surface area (Å²) in [5.41, 5.74) is 0.405. The van der Waals surface area contributed by atoms with Crippen LogP contribution in [-0.2, 0) is 14.4 Å². The van der Waals surface area contributed by atoms with Crippen molar-refractivity contribution >= 4 is 23.3 Å². The third-order valence-corrected chi connectivity index (χ3v) is 4.04. The molecule has 1 aliphatic heterocycles. The maximum absolute atomic E-state index is 12.2. The van der Waals surface area contributed by atoms with Gasteiger partial charge < -0.3 is 15.1 Å². The first-order valence-corrected chi connectivity index (χ1v) is 8.19. The molecule has 2 rings (SSSR count). The third-order valence-electron chi connectivity index (χ3n) is 4.04. The zero-order chi connectivity index (χ0) is 17.7. The van der Waals surface area contributed by atoms with E-state index in [0.717, 1.165) is 18.8 Å². The Morgan fingerprint density at radius 3 is 2.12 bits per heavy atom. The van der Waals surface area contributed by atoms with Crippen LogP contribution in [0.2, 0.25) is 0 Å². The molecular formula is C18H25N3O3. The molecule has 0 spiro atoms. The zero-order valence-electron chi connectivity index (χ0n) is 14.5. The number of Topliss-reactive ketones (excluding diaryl/α,β-unsaturated/α-hetero) is 1. The number of benzene rings is 1. The first-order valence-electron chi connectivity index (χ1n) is 8.19. The molecule has 1 aromatic carbocycles. The molecule has 0 aliphatic carbocycles. The van der Waals surface area contributed by atoms with Gasteiger partial charge in [-0.2, -0.15) is 0 Å². The second-order valence-electron chi connectivity index (χ2n) is 6.97. The Morgan fingerprint density at radius 1 is 1.00 bits per heavy atom. The molecule has 1 fully saturated rings. The van der Waals surface area contributed by atoms with Gasteiger partial charge in [-0.3, -0.25) is 14.4 Å². The number of amides is 2. The van der Waals surface area contributed by atoms with Crippen molar-refractivity contribution in [2.24, 2.45) is 5.41 Å². The Kier molecular flexibility index (Phi) is 5.59. The fourth-order valence-electron chi connectivity index (χ4n) is 2.54. The van der Waals surface area contributed by atoms with Gasteiger partial charge in [0.1, 0.15) is 0 Å². The summed E-state index contributed by atoms with van der Waals surface area (Å²) in [6.07, 6.45) is 0. The number of carbonyl (C=O) groups is 3. The fraction of sp³-hybridized carbons (Fsp3) is 0.500. The standard InChI is InChI=1S/C18H25N3O3/c1-18(2,3)16(23)17(24)19-13-15(22)21-11-9-20(10-12-21)14-7-5-4-6-8-14/h4-8H,9-13H2,1-3H3,(H,19,24). The average Bonchev–Trinajstić information content (AvgIpc) is 2.58. The second-order valence-corrected chi connectivity index (χ2v) is 6.97. The largest absolute Gasteiger partial charge is 0.368 e. The molecular weight excluding hydrogens is 306 g/mol. The lowest BCUT2D eigenvalue weighted by Crippen LogP contribution is -2.52. The molecule has 6 heteroatoms. The van der Waals surface area contributed by atoms with Crippen LogP contribution >= 0.6 is 0 Å². The third kappa shape index (κ3) is 4.57. The van der Waals surface area contributed by atoms with Gasteiger partial charge >= 0.3 is 0 Å². The van der Waals surface area contributed by atoms with Gasteiger partial charge in [0.05, 0.1) is 6.54 Å². The Morgan fingerprint density at radius 2 is 1.58 bits per heavy atom. The van der Waals surface area contributed by atoms with E-state index in [9.17, 15) is 14.4 Å². The summed E-state index contributed by atoms with van der Waals surface area (Å²) in [5.74, 6) is -1.36. The lowest BCUT2D eigenvalue weighted by molar-refractivity contribution is -0.143. The van der Waals surface area contributed by atoms with Crippen LogP contribution < -0.4 is 10.2 Å². The van der Waals surface area contributed by atoms with Gasteiger partial charge in [-0.1, -0.05) is 39.0 Å². The summed E-state index contributed by atoms with van der Waals surface area (Å²) >= 11 is 0. The number of para-hydroxylation sites is 1. The van der Waals surface area contributed by atoms with E-state index < -0.39 is 17.1 Å². The van der Waals surface area contributed by atoms with Crippen LogP contribution in [0.4, 0.5) is 5.69 Å². The smallest absolute Gasteiger partial charge is 0.288 e. The number of nitrogens with one attached hydrogen (secondary N) is 1. The molecule has 24 heavy (non-hydrogen) atoms. The predicted octanol–water partition coefficient (Wildman–Crippen LogP) is 1.07. The Labute approximate surface area is 142 Å². The summed E-state index contributed by atoms with van der Waals surface area (Å²) in [6.45, 7) is 7.63. The summed E-state index contributed by atoms with van der Waals surface area (Å²) in [5, 5.41) is 2.44. The molecule has 2 amide bonds. The SMILES string of the molecule is CC(C)(C)C(=O)C(=O)NCC(=O)N1CCN(c2ccccc2)CC1. The lowest BCUT2D eigenvalue weighted by atomic mass is 9.90. The van der Waals surface area contributed by atoms with E-state index in [0.29, 0.717) is 13.1 Å². The van der Waals surface area contributed by atoms with Gasteiger partial charge in [-0.15, -0.1) is 0 Å². The monoisotopic (exact) mass is 331 g/mol. The van der Waals surface area contributed by atoms with Crippen molar-refractivity contribution in [2.75, 3.05) is 37.6 Å².